The Hall–Kier alpha value is -3.72. The summed E-state index contributed by atoms with van der Waals surface area (Å²) in [6.45, 7) is 6.62. The van der Waals surface area contributed by atoms with E-state index in [1.807, 2.05) is 36.7 Å². The monoisotopic (exact) mass is 728 g/mol. The first-order valence-electron chi connectivity index (χ1n) is 14.7. The molecule has 0 amide bonds. The maximum atomic E-state index is 4.85. The predicted octanol–water partition coefficient (Wildman–Crippen LogP) is 10.0. The van der Waals surface area contributed by atoms with E-state index < -0.39 is 0 Å². The first-order valence-corrected chi connectivity index (χ1v) is 14.7. The van der Waals surface area contributed by atoms with Gasteiger partial charge in [0.15, 0.2) is 0 Å². The zero-order valence-electron chi connectivity index (χ0n) is 24.6. The maximum absolute atomic E-state index is 4.85. The number of fused-ring (bicyclic) bond motifs is 3. The minimum Gasteiger partial charge on any atom is -0.305 e. The SMILES string of the molecule is CC(C)c1ccnc(-c2[c-]cccc2)c1.CCCCCCc1c[c-]c(-c2ncc3ccc4ccccc4c3n2)cc1.[Ir]. The van der Waals surface area contributed by atoms with Crippen LogP contribution in [0.5, 0.6) is 0 Å². The number of pyridine rings is 1. The molecule has 0 fully saturated rings. The van der Waals surface area contributed by atoms with Crippen LogP contribution < -0.4 is 0 Å². The second-order valence-corrected chi connectivity index (χ2v) is 10.7. The van der Waals surface area contributed by atoms with Gasteiger partial charge in [-0.1, -0.05) is 101 Å². The smallest absolute Gasteiger partial charge is 0.0756 e. The Morgan fingerprint density at radius 2 is 1.60 bits per heavy atom. The Kier molecular flexibility index (Phi) is 11.5. The fourth-order valence-electron chi connectivity index (χ4n) is 4.91. The van der Waals surface area contributed by atoms with E-state index in [2.05, 4.69) is 110 Å². The predicted molar refractivity (Wildman–Crippen MR) is 172 cm³/mol. The summed E-state index contributed by atoms with van der Waals surface area (Å²) in [7, 11) is 0. The molecule has 4 heteroatoms. The molecule has 0 aliphatic carbocycles. The van der Waals surface area contributed by atoms with Crippen molar-refractivity contribution in [3.63, 3.8) is 0 Å². The van der Waals surface area contributed by atoms with Crippen molar-refractivity contribution in [1.29, 1.82) is 0 Å². The number of hydrogen-bond donors (Lipinski definition) is 0. The van der Waals surface area contributed by atoms with Crippen LogP contribution in [0.1, 0.15) is 63.5 Å². The molecule has 0 aliphatic rings. The molecule has 0 saturated heterocycles. The Balaban J connectivity index is 0.000000216. The van der Waals surface area contributed by atoms with Gasteiger partial charge in [-0.2, -0.15) is 0 Å². The van der Waals surface area contributed by atoms with Crippen molar-refractivity contribution in [1.82, 2.24) is 15.0 Å². The van der Waals surface area contributed by atoms with Gasteiger partial charge in [-0.05, 0) is 23.1 Å². The largest absolute Gasteiger partial charge is 0.305 e. The number of aromatic nitrogens is 3. The van der Waals surface area contributed by atoms with Crippen LogP contribution in [0.25, 0.3) is 44.3 Å². The van der Waals surface area contributed by atoms with Gasteiger partial charge in [0, 0.05) is 43.3 Å². The number of nitrogens with zero attached hydrogens (tertiary/aromatic N) is 3. The molecule has 42 heavy (non-hydrogen) atoms. The first kappa shape index (κ1) is 31.2. The molecule has 6 rings (SSSR count). The van der Waals surface area contributed by atoms with Crippen LogP contribution >= 0.6 is 0 Å². The van der Waals surface area contributed by atoms with Gasteiger partial charge in [-0.25, -0.2) is 0 Å². The molecular weight excluding hydrogens is 691 g/mol. The van der Waals surface area contributed by atoms with Gasteiger partial charge in [0.05, 0.1) is 11.3 Å². The van der Waals surface area contributed by atoms with Gasteiger partial charge in [-0.15, -0.1) is 71.3 Å². The third-order valence-electron chi connectivity index (χ3n) is 7.35. The normalized spacial score (nSPS) is 10.8. The van der Waals surface area contributed by atoms with Gasteiger partial charge < -0.3 is 4.98 Å². The molecule has 0 aliphatic heterocycles. The molecule has 215 valence electrons. The summed E-state index contributed by atoms with van der Waals surface area (Å²) < 4.78 is 0. The zero-order valence-corrected chi connectivity index (χ0v) is 27.0. The topological polar surface area (TPSA) is 38.7 Å². The van der Waals surface area contributed by atoms with E-state index in [9.17, 15) is 0 Å². The molecule has 0 N–H and O–H groups in total. The Labute approximate surface area is 263 Å². The standard InChI is InChI=1S/C24H23N2.C14H14N.Ir/c1-2-3-4-5-8-18-11-13-20(14-12-18)24-25-17-21-16-15-19-9-6-7-10-22(19)23(21)26-24;1-11(2)13-8-9-15-14(10-13)12-6-4-3-5-7-12;/h6-7,9-13,15-17H,2-5,8H2,1H3;3-6,8-11H,1-2H3;/q2*-1;. The molecule has 0 atom stereocenters. The zero-order chi connectivity index (χ0) is 28.4. The fourth-order valence-corrected chi connectivity index (χ4v) is 4.91. The van der Waals surface area contributed by atoms with Crippen molar-refractivity contribution in [3.8, 4) is 22.6 Å². The fraction of sp³-hybridized carbons (Fsp3) is 0.237. The van der Waals surface area contributed by atoms with Crippen LogP contribution in [-0.2, 0) is 26.5 Å². The first-order chi connectivity index (χ1) is 20.1. The minimum absolute atomic E-state index is 0. The van der Waals surface area contributed by atoms with Crippen molar-refractivity contribution in [2.24, 2.45) is 0 Å². The molecule has 4 aromatic carbocycles. The number of hydrogen-bond acceptors (Lipinski definition) is 3. The van der Waals surface area contributed by atoms with E-state index in [1.165, 1.54) is 47.6 Å². The van der Waals surface area contributed by atoms with Gasteiger partial charge in [-0.3, -0.25) is 9.97 Å². The average Bonchev–Trinajstić information content (AvgIpc) is 3.04. The van der Waals surface area contributed by atoms with Crippen LogP contribution in [0.3, 0.4) is 0 Å². The maximum Gasteiger partial charge on any atom is 0.0756 e. The minimum atomic E-state index is 0. The molecule has 0 saturated carbocycles. The molecule has 1 radical (unpaired) electrons. The molecule has 3 nitrogen and oxygen atoms in total. The summed E-state index contributed by atoms with van der Waals surface area (Å²) in [5, 5.41) is 3.44. The molecule has 0 spiro atoms. The van der Waals surface area contributed by atoms with E-state index in [1.54, 1.807) is 0 Å². The second-order valence-electron chi connectivity index (χ2n) is 10.7. The van der Waals surface area contributed by atoms with Crippen LogP contribution in [-0.4, -0.2) is 15.0 Å². The number of benzene rings is 4. The van der Waals surface area contributed by atoms with E-state index in [0.717, 1.165) is 40.0 Å². The number of rotatable bonds is 8. The van der Waals surface area contributed by atoms with Gasteiger partial charge in [0.2, 0.25) is 0 Å². The molecule has 6 aromatic rings. The van der Waals surface area contributed by atoms with Crippen LogP contribution in [0.15, 0.2) is 103 Å². The molecule has 0 unspecified atom stereocenters. The van der Waals surface area contributed by atoms with Gasteiger partial charge in [0.1, 0.15) is 0 Å². The van der Waals surface area contributed by atoms with Crippen LogP contribution in [0.2, 0.25) is 0 Å². The van der Waals surface area contributed by atoms with Gasteiger partial charge in [0.25, 0.3) is 0 Å². The Bertz CT molecular complexity index is 1700. The Morgan fingerprint density at radius 1 is 0.762 bits per heavy atom. The number of unbranched alkanes of at least 4 members (excludes halogenated alkanes) is 3. The molecule has 2 aromatic heterocycles. The Morgan fingerprint density at radius 3 is 2.36 bits per heavy atom. The molecular formula is C38H37IrN3-2. The van der Waals surface area contributed by atoms with Crippen molar-refractivity contribution >= 4 is 21.7 Å². The summed E-state index contributed by atoms with van der Waals surface area (Å²) >= 11 is 0. The van der Waals surface area contributed by atoms with Crippen molar-refractivity contribution in [3.05, 3.63) is 127 Å². The summed E-state index contributed by atoms with van der Waals surface area (Å²) in [5.41, 5.74) is 6.68. The van der Waals surface area contributed by atoms with Crippen LogP contribution in [0.4, 0.5) is 0 Å². The van der Waals surface area contributed by atoms with E-state index >= 15 is 0 Å². The van der Waals surface area contributed by atoms with Gasteiger partial charge >= 0.3 is 0 Å². The third kappa shape index (κ3) is 7.97. The molecule has 0 bridgehead atoms. The van der Waals surface area contributed by atoms with Crippen molar-refractivity contribution in [2.45, 2.75) is 58.8 Å². The summed E-state index contributed by atoms with van der Waals surface area (Å²) in [6, 6.07) is 37.7. The van der Waals surface area contributed by atoms with Crippen molar-refractivity contribution < 1.29 is 20.1 Å². The van der Waals surface area contributed by atoms with E-state index in [-0.39, 0.29) is 20.1 Å². The average molecular weight is 728 g/mol. The summed E-state index contributed by atoms with van der Waals surface area (Å²) in [4.78, 5) is 13.8. The second kappa shape index (κ2) is 15.5. The summed E-state index contributed by atoms with van der Waals surface area (Å²) in [6.07, 6.45) is 10.1. The number of aryl methyl sites for hydroxylation is 1. The van der Waals surface area contributed by atoms with E-state index in [0.29, 0.717) is 5.92 Å². The molecule has 2 heterocycles. The third-order valence-corrected chi connectivity index (χ3v) is 7.35. The van der Waals surface area contributed by atoms with Crippen LogP contribution in [0, 0.1) is 12.1 Å². The summed E-state index contributed by atoms with van der Waals surface area (Å²) in [5.74, 6) is 1.28. The van der Waals surface area contributed by atoms with E-state index in [4.69, 9.17) is 4.98 Å². The quantitative estimate of drug-likeness (QED) is 0.0891. The van der Waals surface area contributed by atoms with Crippen molar-refractivity contribution in [2.75, 3.05) is 0 Å².